The number of hydrogen-bond donors (Lipinski definition) is 0. The van der Waals surface area contributed by atoms with Gasteiger partial charge >= 0.3 is 0 Å². The highest BCUT2D eigenvalue weighted by atomic mass is 32.1. The van der Waals surface area contributed by atoms with Gasteiger partial charge in [0, 0.05) is 34.3 Å². The predicted molar refractivity (Wildman–Crippen MR) is 68.9 cm³/mol. The van der Waals surface area contributed by atoms with Crippen molar-refractivity contribution in [1.29, 1.82) is 0 Å². The lowest BCUT2D eigenvalue weighted by Crippen LogP contribution is -2.18. The number of likely N-dealkylation sites (N-methyl/N-ethyl adjacent to an activating group) is 1. The second kappa shape index (κ2) is 5.12. The van der Waals surface area contributed by atoms with Crippen LogP contribution in [0.4, 0.5) is 5.13 Å². The average molecular weight is 239 g/mol. The molecule has 0 radical (unpaired) electrons. The molecule has 0 saturated carbocycles. The monoisotopic (exact) mass is 239 g/mol. The van der Waals surface area contributed by atoms with Crippen molar-refractivity contribution in [1.82, 2.24) is 9.88 Å². The molecule has 88 valence electrons. The second-order valence-corrected chi connectivity index (χ2v) is 4.92. The predicted octanol–water partition coefficient (Wildman–Crippen LogP) is 1.62. The Morgan fingerprint density at radius 1 is 1.31 bits per heavy atom. The first-order chi connectivity index (χ1) is 7.41. The Morgan fingerprint density at radius 2 is 1.94 bits per heavy atom. The van der Waals surface area contributed by atoms with Gasteiger partial charge in [0.05, 0.1) is 10.6 Å². The lowest BCUT2D eigenvalue weighted by Gasteiger charge is -2.05. The van der Waals surface area contributed by atoms with Crippen LogP contribution in [-0.2, 0) is 4.79 Å². The zero-order valence-corrected chi connectivity index (χ0v) is 11.1. The minimum Gasteiger partial charge on any atom is -0.354 e. The summed E-state index contributed by atoms with van der Waals surface area (Å²) >= 11 is 1.58. The molecule has 0 fully saturated rings. The Morgan fingerprint density at radius 3 is 2.38 bits per heavy atom. The van der Waals surface area contributed by atoms with Gasteiger partial charge in [0.15, 0.2) is 5.13 Å². The molecule has 0 aromatic carbocycles. The van der Waals surface area contributed by atoms with E-state index < -0.39 is 0 Å². The molecule has 0 N–H and O–H groups in total. The summed E-state index contributed by atoms with van der Waals surface area (Å²) in [6.45, 7) is 1.95. The average Bonchev–Trinajstić information content (AvgIpc) is 2.56. The van der Waals surface area contributed by atoms with Gasteiger partial charge in [-0.25, -0.2) is 4.98 Å². The highest BCUT2D eigenvalue weighted by Crippen LogP contribution is 2.25. The minimum absolute atomic E-state index is 0.0146. The number of hydrogen-bond acceptors (Lipinski definition) is 4. The Bertz CT molecular complexity index is 407. The van der Waals surface area contributed by atoms with Gasteiger partial charge in [0.2, 0.25) is 5.91 Å². The van der Waals surface area contributed by atoms with Gasteiger partial charge in [-0.3, -0.25) is 4.79 Å². The molecular weight excluding hydrogens is 222 g/mol. The molecule has 0 saturated heterocycles. The van der Waals surface area contributed by atoms with Crippen molar-refractivity contribution in [3.63, 3.8) is 0 Å². The van der Waals surface area contributed by atoms with Crippen LogP contribution < -0.4 is 4.90 Å². The largest absolute Gasteiger partial charge is 0.354 e. The third-order valence-corrected chi connectivity index (χ3v) is 3.31. The molecule has 0 atom stereocenters. The first-order valence-corrected chi connectivity index (χ1v) is 5.77. The number of carbonyl (C=O) groups excluding carboxylic acids is 1. The summed E-state index contributed by atoms with van der Waals surface area (Å²) in [6, 6.07) is 0. The molecule has 1 aromatic heterocycles. The van der Waals surface area contributed by atoms with E-state index in [-0.39, 0.29) is 5.91 Å². The number of aromatic nitrogens is 1. The Balaban J connectivity index is 2.85. The molecule has 1 rings (SSSR count). The molecular formula is C11H17N3OS. The van der Waals surface area contributed by atoms with E-state index in [1.54, 1.807) is 36.4 Å². The van der Waals surface area contributed by atoms with Crippen molar-refractivity contribution in [3.05, 3.63) is 16.6 Å². The highest BCUT2D eigenvalue weighted by Gasteiger charge is 2.07. The Hall–Kier alpha value is -1.36. The molecule has 16 heavy (non-hydrogen) atoms. The standard InChI is InChI=1S/C11H17N3OS/c1-8-9(6-7-10(15)13(2)3)16-11(12-8)14(4)5/h6-7H,1-5H3. The molecule has 1 aromatic rings. The van der Waals surface area contributed by atoms with Gasteiger partial charge in [-0.05, 0) is 13.0 Å². The quantitative estimate of drug-likeness (QED) is 0.752. The van der Waals surface area contributed by atoms with Crippen molar-refractivity contribution in [3.8, 4) is 0 Å². The number of aryl methyl sites for hydroxylation is 1. The van der Waals surface area contributed by atoms with Gasteiger partial charge in [-0.1, -0.05) is 11.3 Å². The van der Waals surface area contributed by atoms with E-state index in [2.05, 4.69) is 4.98 Å². The van der Waals surface area contributed by atoms with Crippen LogP contribution in [0.1, 0.15) is 10.6 Å². The summed E-state index contributed by atoms with van der Waals surface area (Å²) in [5.74, 6) is -0.0146. The van der Waals surface area contributed by atoms with E-state index in [4.69, 9.17) is 0 Å². The third kappa shape index (κ3) is 3.06. The maximum absolute atomic E-state index is 11.4. The van der Waals surface area contributed by atoms with E-state index in [0.717, 1.165) is 15.7 Å². The molecule has 4 nitrogen and oxygen atoms in total. The fraction of sp³-hybridized carbons (Fsp3) is 0.455. The van der Waals surface area contributed by atoms with Gasteiger partial charge in [-0.2, -0.15) is 0 Å². The smallest absolute Gasteiger partial charge is 0.246 e. The molecule has 0 aliphatic heterocycles. The van der Waals surface area contributed by atoms with Gasteiger partial charge in [-0.15, -0.1) is 0 Å². The number of carbonyl (C=O) groups is 1. The molecule has 5 heteroatoms. The topological polar surface area (TPSA) is 36.4 Å². The van der Waals surface area contributed by atoms with Crippen LogP contribution in [0.2, 0.25) is 0 Å². The van der Waals surface area contributed by atoms with Crippen molar-refractivity contribution in [2.75, 3.05) is 33.1 Å². The van der Waals surface area contributed by atoms with Crippen LogP contribution in [0.15, 0.2) is 6.08 Å². The summed E-state index contributed by atoms with van der Waals surface area (Å²) in [5.41, 5.74) is 0.955. The molecule has 0 bridgehead atoms. The summed E-state index contributed by atoms with van der Waals surface area (Å²) in [7, 11) is 7.38. The first-order valence-electron chi connectivity index (χ1n) is 4.96. The van der Waals surface area contributed by atoms with Crippen molar-refractivity contribution >= 4 is 28.5 Å². The van der Waals surface area contributed by atoms with E-state index in [1.165, 1.54) is 0 Å². The SMILES string of the molecule is Cc1nc(N(C)C)sc1C=CC(=O)N(C)C. The molecule has 1 heterocycles. The van der Waals surface area contributed by atoms with Crippen molar-refractivity contribution < 1.29 is 4.79 Å². The number of nitrogens with zero attached hydrogens (tertiary/aromatic N) is 3. The summed E-state index contributed by atoms with van der Waals surface area (Å²) < 4.78 is 0. The number of thiazole rings is 1. The minimum atomic E-state index is -0.0146. The zero-order valence-electron chi connectivity index (χ0n) is 10.3. The number of anilines is 1. The van der Waals surface area contributed by atoms with Crippen LogP contribution in [0.5, 0.6) is 0 Å². The van der Waals surface area contributed by atoms with Crippen LogP contribution in [0.25, 0.3) is 6.08 Å². The summed E-state index contributed by atoms with van der Waals surface area (Å²) in [4.78, 5) is 20.3. The Kier molecular flexibility index (Phi) is 4.06. The molecule has 0 unspecified atom stereocenters. The molecule has 0 aliphatic rings. The number of rotatable bonds is 3. The highest BCUT2D eigenvalue weighted by molar-refractivity contribution is 7.16. The van der Waals surface area contributed by atoms with Crippen LogP contribution >= 0.6 is 11.3 Å². The van der Waals surface area contributed by atoms with Gasteiger partial charge in [0.1, 0.15) is 0 Å². The first kappa shape index (κ1) is 12.7. The van der Waals surface area contributed by atoms with Crippen LogP contribution in [0, 0.1) is 6.92 Å². The van der Waals surface area contributed by atoms with Crippen LogP contribution in [0.3, 0.4) is 0 Å². The zero-order chi connectivity index (χ0) is 12.3. The van der Waals surface area contributed by atoms with Gasteiger partial charge < -0.3 is 9.80 Å². The van der Waals surface area contributed by atoms with Crippen LogP contribution in [-0.4, -0.2) is 44.0 Å². The lowest BCUT2D eigenvalue weighted by atomic mass is 10.3. The number of amides is 1. The van der Waals surface area contributed by atoms with E-state index in [9.17, 15) is 4.79 Å². The Labute approximate surface area is 100 Å². The second-order valence-electron chi connectivity index (χ2n) is 3.91. The maximum atomic E-state index is 11.4. The fourth-order valence-electron chi connectivity index (χ4n) is 1.04. The summed E-state index contributed by atoms with van der Waals surface area (Å²) in [5, 5.41) is 0.953. The van der Waals surface area contributed by atoms with E-state index >= 15 is 0 Å². The molecule has 0 spiro atoms. The maximum Gasteiger partial charge on any atom is 0.246 e. The molecule has 0 aliphatic carbocycles. The van der Waals surface area contributed by atoms with Crippen molar-refractivity contribution in [2.24, 2.45) is 0 Å². The van der Waals surface area contributed by atoms with E-state index in [0.29, 0.717) is 0 Å². The van der Waals surface area contributed by atoms with Gasteiger partial charge in [0.25, 0.3) is 0 Å². The van der Waals surface area contributed by atoms with E-state index in [1.807, 2.05) is 32.0 Å². The molecule has 1 amide bonds. The lowest BCUT2D eigenvalue weighted by molar-refractivity contribution is -0.123. The normalized spacial score (nSPS) is 10.8. The fourth-order valence-corrected chi connectivity index (χ4v) is 1.93. The van der Waals surface area contributed by atoms with Crippen molar-refractivity contribution in [2.45, 2.75) is 6.92 Å². The summed E-state index contributed by atoms with van der Waals surface area (Å²) in [6.07, 6.45) is 3.39. The third-order valence-electron chi connectivity index (χ3n) is 2.02.